The molecule has 0 spiro atoms. The smallest absolute Gasteiger partial charge is 0.194 e. The zero-order valence-electron chi connectivity index (χ0n) is 15.4. The normalized spacial score (nSPS) is 11.0. The van der Waals surface area contributed by atoms with E-state index in [1.54, 1.807) is 12.1 Å². The van der Waals surface area contributed by atoms with Gasteiger partial charge < -0.3 is 0 Å². The molecule has 0 unspecified atom stereocenters. The molecule has 0 aliphatic rings. The van der Waals surface area contributed by atoms with Gasteiger partial charge in [-0.05, 0) is 52.8 Å². The average Bonchev–Trinajstić information content (AvgIpc) is 2.69. The minimum absolute atomic E-state index is 0.325. The van der Waals surface area contributed by atoms with Gasteiger partial charge in [0.15, 0.2) is 17.5 Å². The molecule has 3 aromatic rings. The van der Waals surface area contributed by atoms with Crippen LogP contribution in [0.2, 0.25) is 0 Å². The molecule has 3 heteroatoms. The summed E-state index contributed by atoms with van der Waals surface area (Å²) in [7, 11) is 0. The summed E-state index contributed by atoms with van der Waals surface area (Å²) in [5.74, 6) is -3.80. The number of aryl methyl sites for hydroxylation is 1. The van der Waals surface area contributed by atoms with Crippen molar-refractivity contribution in [3.63, 3.8) is 0 Å². The third kappa shape index (κ3) is 4.60. The van der Waals surface area contributed by atoms with Crippen molar-refractivity contribution < 1.29 is 13.2 Å². The van der Waals surface area contributed by atoms with Gasteiger partial charge in [0.2, 0.25) is 0 Å². The molecule has 0 bridgehead atoms. The van der Waals surface area contributed by atoms with Crippen LogP contribution >= 0.6 is 0 Å². The highest BCUT2D eigenvalue weighted by Crippen LogP contribution is 2.33. The van der Waals surface area contributed by atoms with Gasteiger partial charge in [-0.2, -0.15) is 0 Å². The Balaban J connectivity index is 1.88. The molecule has 0 aromatic heterocycles. The van der Waals surface area contributed by atoms with Crippen LogP contribution in [0.5, 0.6) is 0 Å². The van der Waals surface area contributed by atoms with Crippen molar-refractivity contribution in [2.75, 3.05) is 0 Å². The molecule has 0 radical (unpaired) electrons. The Morgan fingerprint density at radius 1 is 0.667 bits per heavy atom. The highest BCUT2D eigenvalue weighted by atomic mass is 19.2. The fourth-order valence-electron chi connectivity index (χ4n) is 3.30. The van der Waals surface area contributed by atoms with E-state index in [0.29, 0.717) is 11.1 Å². The predicted molar refractivity (Wildman–Crippen MR) is 105 cm³/mol. The van der Waals surface area contributed by atoms with Gasteiger partial charge in [-0.3, -0.25) is 0 Å². The number of halogens is 3. The summed E-state index contributed by atoms with van der Waals surface area (Å²) in [5, 5.41) is 0. The molecule has 0 N–H and O–H groups in total. The Morgan fingerprint density at radius 3 is 1.85 bits per heavy atom. The second-order valence-corrected chi connectivity index (χ2v) is 6.81. The van der Waals surface area contributed by atoms with E-state index >= 15 is 0 Å². The van der Waals surface area contributed by atoms with Gasteiger partial charge in [0.25, 0.3) is 0 Å². The van der Waals surface area contributed by atoms with Gasteiger partial charge in [0.05, 0.1) is 0 Å². The van der Waals surface area contributed by atoms with Crippen LogP contribution in [0.1, 0.15) is 38.2 Å². The lowest BCUT2D eigenvalue weighted by molar-refractivity contribution is 0.448. The zero-order valence-corrected chi connectivity index (χ0v) is 15.4. The van der Waals surface area contributed by atoms with Crippen LogP contribution in [0.4, 0.5) is 13.2 Å². The summed E-state index contributed by atoms with van der Waals surface area (Å²) in [4.78, 5) is 0. The maximum atomic E-state index is 13.7. The molecule has 0 aliphatic carbocycles. The number of rotatable bonds is 7. The van der Waals surface area contributed by atoms with Gasteiger partial charge in [-0.25, -0.2) is 13.2 Å². The quantitative estimate of drug-likeness (QED) is 0.298. The Bertz CT molecular complexity index is 875. The topological polar surface area (TPSA) is 0 Å². The van der Waals surface area contributed by atoms with Gasteiger partial charge in [0.1, 0.15) is 0 Å². The molecule has 3 rings (SSSR count). The Hall–Kier alpha value is -2.55. The molecule has 140 valence electrons. The second kappa shape index (κ2) is 8.90. The van der Waals surface area contributed by atoms with E-state index in [-0.39, 0.29) is 0 Å². The Kier molecular flexibility index (Phi) is 6.33. The number of unbranched alkanes of at least 4 members (excludes halogenated alkanes) is 3. The molecule has 0 saturated heterocycles. The van der Waals surface area contributed by atoms with Crippen molar-refractivity contribution in [3.05, 3.63) is 83.7 Å². The van der Waals surface area contributed by atoms with Crippen molar-refractivity contribution in [3.8, 4) is 22.3 Å². The lowest BCUT2D eigenvalue weighted by Crippen LogP contribution is -1.93. The Labute approximate surface area is 158 Å². The monoisotopic (exact) mass is 368 g/mol. The van der Waals surface area contributed by atoms with Crippen LogP contribution in [-0.2, 0) is 6.42 Å². The van der Waals surface area contributed by atoms with E-state index in [4.69, 9.17) is 0 Å². The molecule has 0 nitrogen and oxygen atoms in total. The molecule has 0 atom stereocenters. The van der Waals surface area contributed by atoms with Crippen molar-refractivity contribution in [1.82, 2.24) is 0 Å². The first kappa shape index (κ1) is 19.2. The van der Waals surface area contributed by atoms with Crippen molar-refractivity contribution in [2.24, 2.45) is 0 Å². The summed E-state index contributed by atoms with van der Waals surface area (Å²) >= 11 is 0. The molecule has 0 fully saturated rings. The van der Waals surface area contributed by atoms with E-state index in [0.717, 1.165) is 29.7 Å². The fourth-order valence-corrected chi connectivity index (χ4v) is 3.30. The first-order valence-corrected chi connectivity index (χ1v) is 9.43. The van der Waals surface area contributed by atoms with E-state index in [1.807, 2.05) is 24.3 Å². The summed E-state index contributed by atoms with van der Waals surface area (Å²) in [5.41, 5.74) is 4.11. The van der Waals surface area contributed by atoms with Gasteiger partial charge in [0, 0.05) is 0 Å². The predicted octanol–water partition coefficient (Wildman–Crippen LogP) is 7.56. The molecular formula is C24H23F3. The minimum Gasteiger partial charge on any atom is -0.204 e. The van der Waals surface area contributed by atoms with Crippen LogP contribution in [0, 0.1) is 17.5 Å². The molecular weight excluding hydrogens is 345 g/mol. The first-order chi connectivity index (χ1) is 13.1. The first-order valence-electron chi connectivity index (χ1n) is 9.43. The maximum absolute atomic E-state index is 13.7. The maximum Gasteiger partial charge on any atom is 0.194 e. The average molecular weight is 368 g/mol. The van der Waals surface area contributed by atoms with Crippen LogP contribution < -0.4 is 0 Å². The second-order valence-electron chi connectivity index (χ2n) is 6.81. The third-order valence-electron chi connectivity index (χ3n) is 4.81. The van der Waals surface area contributed by atoms with Crippen LogP contribution in [0.15, 0.2) is 60.7 Å². The molecule has 27 heavy (non-hydrogen) atoms. The molecule has 0 saturated carbocycles. The Morgan fingerprint density at radius 2 is 1.26 bits per heavy atom. The van der Waals surface area contributed by atoms with E-state index < -0.39 is 17.5 Å². The molecule has 3 aromatic carbocycles. The van der Waals surface area contributed by atoms with E-state index in [1.165, 1.54) is 31.2 Å². The lowest BCUT2D eigenvalue weighted by Gasteiger charge is -2.12. The van der Waals surface area contributed by atoms with Gasteiger partial charge >= 0.3 is 0 Å². The molecule has 0 aliphatic heterocycles. The summed E-state index contributed by atoms with van der Waals surface area (Å²) in [6, 6.07) is 17.7. The lowest BCUT2D eigenvalue weighted by atomic mass is 9.93. The van der Waals surface area contributed by atoms with Crippen LogP contribution in [0.3, 0.4) is 0 Å². The van der Waals surface area contributed by atoms with Crippen molar-refractivity contribution >= 4 is 0 Å². The van der Waals surface area contributed by atoms with Crippen molar-refractivity contribution in [1.29, 1.82) is 0 Å². The van der Waals surface area contributed by atoms with E-state index in [2.05, 4.69) is 19.1 Å². The minimum atomic E-state index is -1.44. The molecule has 0 amide bonds. The van der Waals surface area contributed by atoms with Crippen molar-refractivity contribution in [2.45, 2.75) is 39.0 Å². The standard InChI is InChI=1S/C24H23F3/c1-2-3-4-5-8-17-11-13-18(14-12-17)20-9-6-7-10-21(20)19-15-22(25)24(27)23(26)16-19/h6-7,9-16H,2-5,8H2,1H3. The summed E-state index contributed by atoms with van der Waals surface area (Å²) < 4.78 is 40.6. The number of benzene rings is 3. The van der Waals surface area contributed by atoms with Gasteiger partial charge in [-0.1, -0.05) is 74.7 Å². The van der Waals surface area contributed by atoms with Gasteiger partial charge in [-0.15, -0.1) is 0 Å². The fraction of sp³-hybridized carbons (Fsp3) is 0.250. The number of hydrogen-bond donors (Lipinski definition) is 0. The number of hydrogen-bond acceptors (Lipinski definition) is 0. The molecule has 0 heterocycles. The largest absolute Gasteiger partial charge is 0.204 e. The van der Waals surface area contributed by atoms with Crippen LogP contribution in [0.25, 0.3) is 22.3 Å². The highest BCUT2D eigenvalue weighted by molar-refractivity contribution is 5.83. The third-order valence-corrected chi connectivity index (χ3v) is 4.81. The van der Waals surface area contributed by atoms with E-state index in [9.17, 15) is 13.2 Å². The zero-order chi connectivity index (χ0) is 19.2. The highest BCUT2D eigenvalue weighted by Gasteiger charge is 2.14. The summed E-state index contributed by atoms with van der Waals surface area (Å²) in [6.07, 6.45) is 5.95. The summed E-state index contributed by atoms with van der Waals surface area (Å²) in [6.45, 7) is 2.20. The van der Waals surface area contributed by atoms with Crippen LogP contribution in [-0.4, -0.2) is 0 Å². The SMILES string of the molecule is CCCCCCc1ccc(-c2ccccc2-c2cc(F)c(F)c(F)c2)cc1.